The molecule has 2 aromatic rings. The highest BCUT2D eigenvalue weighted by Gasteiger charge is 2.30. The van der Waals surface area contributed by atoms with Gasteiger partial charge in [-0.25, -0.2) is 0 Å². The number of halogens is 3. The molecule has 1 heterocycles. The summed E-state index contributed by atoms with van der Waals surface area (Å²) in [7, 11) is 0. The molecule has 0 spiro atoms. The predicted molar refractivity (Wildman–Crippen MR) is 79.9 cm³/mol. The smallest absolute Gasteiger partial charge is 0.416 e. The van der Waals surface area contributed by atoms with Crippen molar-refractivity contribution in [3.8, 4) is 0 Å². The molecule has 1 aromatic carbocycles. The number of benzene rings is 1. The van der Waals surface area contributed by atoms with Crippen LogP contribution in [-0.4, -0.2) is 23.3 Å². The van der Waals surface area contributed by atoms with E-state index in [0.717, 1.165) is 24.3 Å². The van der Waals surface area contributed by atoms with Crippen molar-refractivity contribution in [3.05, 3.63) is 54.0 Å². The molecule has 0 saturated heterocycles. The summed E-state index contributed by atoms with van der Waals surface area (Å²) >= 11 is 0. The Morgan fingerprint density at radius 1 is 1.17 bits per heavy atom. The Morgan fingerprint density at radius 3 is 2.33 bits per heavy atom. The molecule has 0 aliphatic heterocycles. The number of amides is 2. The first-order chi connectivity index (χ1) is 11.3. The number of rotatable bonds is 5. The van der Waals surface area contributed by atoms with Gasteiger partial charge in [-0.1, -0.05) is 0 Å². The van der Waals surface area contributed by atoms with Gasteiger partial charge >= 0.3 is 6.18 Å². The number of hydrogen-bond acceptors (Lipinski definition) is 3. The van der Waals surface area contributed by atoms with E-state index in [1.807, 2.05) is 0 Å². The summed E-state index contributed by atoms with van der Waals surface area (Å²) in [5, 5.41) is 2.45. The van der Waals surface area contributed by atoms with E-state index in [1.165, 1.54) is 18.1 Å². The van der Waals surface area contributed by atoms with E-state index in [1.54, 1.807) is 12.1 Å². The lowest BCUT2D eigenvalue weighted by Gasteiger charge is -2.19. The first kappa shape index (κ1) is 17.6. The van der Waals surface area contributed by atoms with Crippen LogP contribution in [0.15, 0.2) is 47.1 Å². The lowest BCUT2D eigenvalue weighted by molar-refractivity contribution is -0.137. The second kappa shape index (κ2) is 7.20. The second-order valence-electron chi connectivity index (χ2n) is 5.08. The van der Waals surface area contributed by atoms with Gasteiger partial charge < -0.3 is 14.6 Å². The fourth-order valence-electron chi connectivity index (χ4n) is 1.99. The van der Waals surface area contributed by atoms with Crippen LogP contribution in [0, 0.1) is 0 Å². The van der Waals surface area contributed by atoms with Crippen molar-refractivity contribution >= 4 is 17.5 Å². The van der Waals surface area contributed by atoms with Crippen LogP contribution >= 0.6 is 0 Å². The van der Waals surface area contributed by atoms with E-state index in [2.05, 4.69) is 5.32 Å². The lowest BCUT2D eigenvalue weighted by atomic mass is 10.2. The van der Waals surface area contributed by atoms with Gasteiger partial charge in [0.15, 0.2) is 0 Å². The third-order valence-corrected chi connectivity index (χ3v) is 3.20. The molecule has 0 aliphatic carbocycles. The highest BCUT2D eigenvalue weighted by Crippen LogP contribution is 2.29. The van der Waals surface area contributed by atoms with Gasteiger partial charge in [-0.3, -0.25) is 9.59 Å². The first-order valence-corrected chi connectivity index (χ1v) is 7.00. The Kier molecular flexibility index (Phi) is 5.28. The molecule has 2 rings (SSSR count). The van der Waals surface area contributed by atoms with Crippen molar-refractivity contribution in [2.24, 2.45) is 0 Å². The van der Waals surface area contributed by atoms with E-state index in [9.17, 15) is 22.8 Å². The van der Waals surface area contributed by atoms with Crippen LogP contribution in [0.5, 0.6) is 0 Å². The zero-order valence-corrected chi connectivity index (χ0v) is 12.8. The van der Waals surface area contributed by atoms with Gasteiger partial charge in [0.2, 0.25) is 11.8 Å². The maximum Gasteiger partial charge on any atom is 0.416 e. The van der Waals surface area contributed by atoms with Crippen molar-refractivity contribution < 1.29 is 27.2 Å². The van der Waals surface area contributed by atoms with Gasteiger partial charge in [-0.05, 0) is 36.4 Å². The molecule has 0 atom stereocenters. The third-order valence-electron chi connectivity index (χ3n) is 3.20. The van der Waals surface area contributed by atoms with Crippen LogP contribution in [0.25, 0.3) is 0 Å². The molecule has 0 bridgehead atoms. The van der Waals surface area contributed by atoms with Crippen LogP contribution < -0.4 is 5.32 Å². The Bertz CT molecular complexity index is 694. The Labute approximate surface area is 136 Å². The highest BCUT2D eigenvalue weighted by atomic mass is 19.4. The number of nitrogens with one attached hydrogen (secondary N) is 1. The van der Waals surface area contributed by atoms with Crippen molar-refractivity contribution in [2.45, 2.75) is 19.6 Å². The average Bonchev–Trinajstić information content (AvgIpc) is 2.99. The van der Waals surface area contributed by atoms with Gasteiger partial charge in [0, 0.05) is 12.6 Å². The van der Waals surface area contributed by atoms with Gasteiger partial charge in [-0.2, -0.15) is 13.2 Å². The van der Waals surface area contributed by atoms with Crippen molar-refractivity contribution in [2.75, 3.05) is 11.9 Å². The van der Waals surface area contributed by atoms with E-state index >= 15 is 0 Å². The summed E-state index contributed by atoms with van der Waals surface area (Å²) in [5.74, 6) is -0.321. The molecule has 0 unspecified atom stereocenters. The number of hydrogen-bond donors (Lipinski definition) is 1. The number of carbonyl (C=O) groups excluding carboxylic acids is 2. The predicted octanol–water partition coefficient (Wildman–Crippen LogP) is 3.29. The quantitative estimate of drug-likeness (QED) is 0.908. The minimum Gasteiger partial charge on any atom is -0.467 e. The molecule has 5 nitrogen and oxygen atoms in total. The molecule has 0 aliphatic rings. The minimum absolute atomic E-state index is 0.128. The van der Waals surface area contributed by atoms with Crippen molar-refractivity contribution in [3.63, 3.8) is 0 Å². The second-order valence-corrected chi connectivity index (χ2v) is 5.08. The molecule has 1 N–H and O–H groups in total. The first-order valence-electron chi connectivity index (χ1n) is 7.00. The van der Waals surface area contributed by atoms with Crippen LogP contribution in [0.2, 0.25) is 0 Å². The van der Waals surface area contributed by atoms with E-state index in [4.69, 9.17) is 4.42 Å². The van der Waals surface area contributed by atoms with Crippen LogP contribution in [-0.2, 0) is 22.3 Å². The fraction of sp³-hybridized carbons (Fsp3) is 0.250. The summed E-state index contributed by atoms with van der Waals surface area (Å²) in [6.45, 7) is 1.20. The summed E-state index contributed by atoms with van der Waals surface area (Å²) in [5.41, 5.74) is -0.585. The topological polar surface area (TPSA) is 62.6 Å². The number of anilines is 1. The average molecular weight is 340 g/mol. The normalized spacial score (nSPS) is 11.2. The zero-order valence-electron chi connectivity index (χ0n) is 12.8. The molecule has 0 radical (unpaired) electrons. The standard InChI is InChI=1S/C16H15F3N2O3/c1-11(22)21(9-14-3-2-8-24-14)10-15(23)20-13-6-4-12(5-7-13)16(17,18)19/h2-8H,9-10H2,1H3,(H,20,23). The monoisotopic (exact) mass is 340 g/mol. The number of nitrogens with zero attached hydrogens (tertiary/aromatic N) is 1. The molecule has 24 heavy (non-hydrogen) atoms. The molecule has 0 fully saturated rings. The SMILES string of the molecule is CC(=O)N(CC(=O)Nc1ccc(C(F)(F)F)cc1)Cc1ccco1. The molecule has 2 amide bonds. The number of furan rings is 1. The summed E-state index contributed by atoms with van der Waals surface area (Å²) in [6, 6.07) is 7.40. The largest absolute Gasteiger partial charge is 0.467 e. The Hall–Kier alpha value is -2.77. The molecular weight excluding hydrogens is 325 g/mol. The Morgan fingerprint density at radius 2 is 1.83 bits per heavy atom. The summed E-state index contributed by atoms with van der Waals surface area (Å²) in [4.78, 5) is 24.8. The molecule has 1 aromatic heterocycles. The zero-order chi connectivity index (χ0) is 17.7. The van der Waals surface area contributed by atoms with Gasteiger partial charge in [-0.15, -0.1) is 0 Å². The Balaban J connectivity index is 1.96. The number of carbonyl (C=O) groups is 2. The summed E-state index contributed by atoms with van der Waals surface area (Å²) < 4.78 is 42.6. The van der Waals surface area contributed by atoms with Crippen LogP contribution in [0.3, 0.4) is 0 Å². The van der Waals surface area contributed by atoms with Gasteiger partial charge in [0.25, 0.3) is 0 Å². The van der Waals surface area contributed by atoms with Crippen LogP contribution in [0.1, 0.15) is 18.2 Å². The lowest BCUT2D eigenvalue weighted by Crippen LogP contribution is -2.36. The molecule has 128 valence electrons. The molecule has 8 heteroatoms. The van der Waals surface area contributed by atoms with E-state index < -0.39 is 17.6 Å². The van der Waals surface area contributed by atoms with Crippen molar-refractivity contribution in [1.82, 2.24) is 4.90 Å². The van der Waals surface area contributed by atoms with Gasteiger partial charge in [0.05, 0.1) is 18.4 Å². The molecular formula is C16H15F3N2O3. The van der Waals surface area contributed by atoms with Gasteiger partial charge in [0.1, 0.15) is 12.3 Å². The third kappa shape index (κ3) is 4.87. The fourth-order valence-corrected chi connectivity index (χ4v) is 1.99. The van der Waals surface area contributed by atoms with Crippen molar-refractivity contribution in [1.29, 1.82) is 0 Å². The minimum atomic E-state index is -4.43. The summed E-state index contributed by atoms with van der Waals surface area (Å²) in [6.07, 6.45) is -2.98. The van der Waals surface area contributed by atoms with E-state index in [0.29, 0.717) is 5.76 Å². The number of alkyl halides is 3. The molecule has 0 saturated carbocycles. The van der Waals surface area contributed by atoms with E-state index in [-0.39, 0.29) is 24.7 Å². The highest BCUT2D eigenvalue weighted by molar-refractivity contribution is 5.94. The van der Waals surface area contributed by atoms with Crippen LogP contribution in [0.4, 0.5) is 18.9 Å². The maximum atomic E-state index is 12.5. The maximum absolute atomic E-state index is 12.5.